The Morgan fingerprint density at radius 2 is 1.50 bits per heavy atom. The molecule has 0 aliphatic carbocycles. The Morgan fingerprint density at radius 3 is 1.83 bits per heavy atom. The van der Waals surface area contributed by atoms with E-state index in [4.69, 9.17) is 13.6 Å². The van der Waals surface area contributed by atoms with Gasteiger partial charge >= 0.3 is 9.28 Å². The van der Waals surface area contributed by atoms with Crippen LogP contribution in [-0.4, -0.2) is 35.8 Å². The van der Waals surface area contributed by atoms with Gasteiger partial charge in [-0.2, -0.15) is 0 Å². The fourth-order valence-corrected chi connectivity index (χ4v) is 2.34. The monoisotopic (exact) mass is 192 g/mol. The van der Waals surface area contributed by atoms with Crippen LogP contribution < -0.4 is 0 Å². The van der Waals surface area contributed by atoms with E-state index in [2.05, 4.69) is 13.8 Å². The molecule has 0 unspecified atom stereocenters. The van der Waals surface area contributed by atoms with Gasteiger partial charge in [0.2, 0.25) is 0 Å². The van der Waals surface area contributed by atoms with E-state index in [0.29, 0.717) is 6.23 Å². The average molecular weight is 192 g/mol. The summed E-state index contributed by atoms with van der Waals surface area (Å²) in [6.45, 7) is 5.78. The maximum atomic E-state index is 5.53. The summed E-state index contributed by atoms with van der Waals surface area (Å²) < 4.78 is 16.1. The van der Waals surface area contributed by atoms with Crippen LogP contribution in [0.5, 0.6) is 0 Å². The molecule has 0 aromatic rings. The van der Waals surface area contributed by atoms with Crippen molar-refractivity contribution in [2.75, 3.05) is 26.6 Å². The van der Waals surface area contributed by atoms with E-state index in [1.807, 2.05) is 0 Å². The lowest BCUT2D eigenvalue weighted by atomic mass is 10.5. The van der Waals surface area contributed by atoms with Crippen LogP contribution in [0.2, 0.25) is 0 Å². The standard InChI is InChI=1S/C8H20O3Si/c1-4-6-10-12(8-9-3)11-7-5-2/h12H,4-8H2,1-3H3. The maximum Gasteiger partial charge on any atom is 0.348 e. The van der Waals surface area contributed by atoms with Crippen molar-refractivity contribution in [3.8, 4) is 0 Å². The third-order valence-corrected chi connectivity index (χ3v) is 3.14. The smallest absolute Gasteiger partial charge is 0.348 e. The summed E-state index contributed by atoms with van der Waals surface area (Å²) in [6.07, 6.45) is 2.74. The van der Waals surface area contributed by atoms with Crippen LogP contribution >= 0.6 is 0 Å². The third-order valence-electron chi connectivity index (χ3n) is 1.32. The molecular formula is C8H20O3Si. The highest BCUT2D eigenvalue weighted by atomic mass is 28.3. The van der Waals surface area contributed by atoms with Crippen LogP contribution in [0.1, 0.15) is 26.7 Å². The van der Waals surface area contributed by atoms with Crippen LogP contribution in [0.3, 0.4) is 0 Å². The third kappa shape index (κ3) is 6.79. The Bertz CT molecular complexity index is 82.4. The van der Waals surface area contributed by atoms with Crippen molar-refractivity contribution in [3.05, 3.63) is 0 Å². The molecule has 74 valence electrons. The highest BCUT2D eigenvalue weighted by Gasteiger charge is 2.11. The fraction of sp³-hybridized carbons (Fsp3) is 1.00. The molecule has 0 saturated heterocycles. The van der Waals surface area contributed by atoms with Crippen LogP contribution in [0.25, 0.3) is 0 Å². The van der Waals surface area contributed by atoms with E-state index in [1.54, 1.807) is 7.11 Å². The fourth-order valence-electron chi connectivity index (χ4n) is 0.779. The predicted octanol–water partition coefficient (Wildman–Crippen LogP) is 1.25. The molecule has 0 amide bonds. The molecule has 12 heavy (non-hydrogen) atoms. The summed E-state index contributed by atoms with van der Waals surface area (Å²) in [6, 6.07) is 0. The minimum Gasteiger partial charge on any atom is -0.395 e. The zero-order chi connectivity index (χ0) is 9.23. The van der Waals surface area contributed by atoms with Crippen molar-refractivity contribution in [3.63, 3.8) is 0 Å². The summed E-state index contributed by atoms with van der Waals surface area (Å²) in [5.41, 5.74) is 0. The lowest BCUT2D eigenvalue weighted by molar-refractivity contribution is 0.148. The van der Waals surface area contributed by atoms with Crippen molar-refractivity contribution >= 4 is 9.28 Å². The second-order valence-electron chi connectivity index (χ2n) is 2.63. The molecule has 0 aliphatic rings. The van der Waals surface area contributed by atoms with Crippen LogP contribution in [0, 0.1) is 0 Å². The number of hydrogen-bond acceptors (Lipinski definition) is 3. The van der Waals surface area contributed by atoms with Gasteiger partial charge in [-0.05, 0) is 12.8 Å². The molecule has 0 bridgehead atoms. The highest BCUT2D eigenvalue weighted by Crippen LogP contribution is 1.93. The number of ether oxygens (including phenoxy) is 1. The van der Waals surface area contributed by atoms with Gasteiger partial charge in [-0.3, -0.25) is 0 Å². The lowest BCUT2D eigenvalue weighted by Gasteiger charge is -2.14. The Labute approximate surface area is 76.9 Å². The molecule has 3 nitrogen and oxygen atoms in total. The molecule has 4 heteroatoms. The molecule has 0 saturated carbocycles. The largest absolute Gasteiger partial charge is 0.395 e. The zero-order valence-electron chi connectivity index (χ0n) is 8.34. The Kier molecular flexibility index (Phi) is 9.26. The molecule has 0 radical (unpaired) electrons. The molecule has 0 aromatic heterocycles. The topological polar surface area (TPSA) is 27.7 Å². The molecule has 0 N–H and O–H groups in total. The van der Waals surface area contributed by atoms with E-state index < -0.39 is 9.28 Å². The molecule has 0 heterocycles. The molecular weight excluding hydrogens is 172 g/mol. The zero-order valence-corrected chi connectivity index (χ0v) is 9.49. The van der Waals surface area contributed by atoms with Crippen molar-refractivity contribution in [1.29, 1.82) is 0 Å². The molecule has 0 fully saturated rings. The second kappa shape index (κ2) is 9.19. The van der Waals surface area contributed by atoms with Gasteiger partial charge in [0.25, 0.3) is 0 Å². The van der Waals surface area contributed by atoms with Crippen LogP contribution in [0.4, 0.5) is 0 Å². The van der Waals surface area contributed by atoms with Crippen LogP contribution in [0.15, 0.2) is 0 Å². The molecule has 0 spiro atoms. The summed E-state index contributed by atoms with van der Waals surface area (Å²) in [5, 5.41) is 0. The molecule has 0 atom stereocenters. The first-order chi connectivity index (χ1) is 5.85. The SMILES string of the molecule is CCCO[SiH](COC)OCCC. The van der Waals surface area contributed by atoms with Gasteiger partial charge in [-0.25, -0.2) is 0 Å². The maximum absolute atomic E-state index is 5.53. The van der Waals surface area contributed by atoms with Crippen molar-refractivity contribution in [1.82, 2.24) is 0 Å². The van der Waals surface area contributed by atoms with Crippen molar-refractivity contribution < 1.29 is 13.6 Å². The van der Waals surface area contributed by atoms with Gasteiger partial charge < -0.3 is 13.6 Å². The van der Waals surface area contributed by atoms with Crippen LogP contribution in [-0.2, 0) is 13.6 Å². The second-order valence-corrected chi connectivity index (χ2v) is 4.49. The normalized spacial score (nSPS) is 11.0. The first kappa shape index (κ1) is 12.1. The Balaban J connectivity index is 3.40. The van der Waals surface area contributed by atoms with E-state index in [-0.39, 0.29) is 0 Å². The predicted molar refractivity (Wildman–Crippen MR) is 51.5 cm³/mol. The Morgan fingerprint density at radius 1 is 1.00 bits per heavy atom. The van der Waals surface area contributed by atoms with Gasteiger partial charge in [-0.15, -0.1) is 0 Å². The molecule has 0 aliphatic heterocycles. The summed E-state index contributed by atoms with van der Waals surface area (Å²) >= 11 is 0. The number of hydrogen-bond donors (Lipinski definition) is 0. The first-order valence-corrected chi connectivity index (χ1v) is 6.33. The summed E-state index contributed by atoms with van der Waals surface area (Å²) in [5.74, 6) is 0. The Hall–Kier alpha value is 0.0969. The molecule has 0 rings (SSSR count). The first-order valence-electron chi connectivity index (χ1n) is 4.57. The minimum atomic E-state index is -1.49. The van der Waals surface area contributed by atoms with Crippen molar-refractivity contribution in [2.24, 2.45) is 0 Å². The van der Waals surface area contributed by atoms with E-state index in [0.717, 1.165) is 26.1 Å². The van der Waals surface area contributed by atoms with E-state index in [1.165, 1.54) is 0 Å². The van der Waals surface area contributed by atoms with Gasteiger partial charge in [0.15, 0.2) is 0 Å². The number of methoxy groups -OCH3 is 1. The van der Waals surface area contributed by atoms with Gasteiger partial charge in [-0.1, -0.05) is 13.8 Å². The average Bonchev–Trinajstić information content (AvgIpc) is 2.10. The van der Waals surface area contributed by atoms with Gasteiger partial charge in [0.05, 0.1) is 6.23 Å². The van der Waals surface area contributed by atoms with E-state index >= 15 is 0 Å². The van der Waals surface area contributed by atoms with Crippen molar-refractivity contribution in [2.45, 2.75) is 26.7 Å². The quantitative estimate of drug-likeness (QED) is 0.542. The van der Waals surface area contributed by atoms with Gasteiger partial charge in [0.1, 0.15) is 0 Å². The van der Waals surface area contributed by atoms with E-state index in [9.17, 15) is 0 Å². The lowest BCUT2D eigenvalue weighted by Crippen LogP contribution is -2.29. The number of rotatable bonds is 8. The minimum absolute atomic E-state index is 0.653. The summed E-state index contributed by atoms with van der Waals surface area (Å²) in [7, 11) is 0.194. The molecule has 0 aromatic carbocycles. The highest BCUT2D eigenvalue weighted by molar-refractivity contribution is 6.44. The van der Waals surface area contributed by atoms with Gasteiger partial charge in [0, 0.05) is 20.3 Å². The summed E-state index contributed by atoms with van der Waals surface area (Å²) in [4.78, 5) is 0.